The van der Waals surface area contributed by atoms with E-state index in [1.807, 2.05) is 0 Å². The van der Waals surface area contributed by atoms with Gasteiger partial charge in [-0.15, -0.1) is 0 Å². The molecule has 3 heteroatoms. The smallest absolute Gasteiger partial charge is 0.197 e. The lowest BCUT2D eigenvalue weighted by Crippen LogP contribution is -2.41. The molecule has 5 aromatic carbocycles. The van der Waals surface area contributed by atoms with Gasteiger partial charge >= 0.3 is 0 Å². The molecule has 1 heterocycles. The molecule has 263 valence electrons. The SMILES string of the molecule is CC(C)(C)c1ccc(-c2cccc3c2[B]c2ccc(C(C)(C)C)cc2N3c2ccccc2C2=CC=CCC2)c(Nc2ccccc2C2=CC=CCC2)c1. The minimum Gasteiger partial charge on any atom is -0.355 e. The van der Waals surface area contributed by atoms with E-state index in [-0.39, 0.29) is 10.8 Å². The third kappa shape index (κ3) is 6.86. The molecule has 0 amide bonds. The van der Waals surface area contributed by atoms with E-state index < -0.39 is 0 Å². The van der Waals surface area contributed by atoms with Crippen LogP contribution in [0.1, 0.15) is 89.5 Å². The van der Waals surface area contributed by atoms with Crippen LogP contribution in [0.3, 0.4) is 0 Å². The fourth-order valence-electron chi connectivity index (χ4n) is 7.97. The molecule has 1 radical (unpaired) electrons. The Labute approximate surface area is 317 Å². The van der Waals surface area contributed by atoms with Gasteiger partial charge in [-0.2, -0.15) is 0 Å². The van der Waals surface area contributed by atoms with Gasteiger partial charge in [0.25, 0.3) is 0 Å². The monoisotopic (exact) mass is 689 g/mol. The zero-order chi connectivity index (χ0) is 36.7. The number of allylic oxidation sites excluding steroid dienone is 8. The summed E-state index contributed by atoms with van der Waals surface area (Å²) in [6.45, 7) is 13.8. The summed E-state index contributed by atoms with van der Waals surface area (Å²) in [5.74, 6) is 0. The molecule has 53 heavy (non-hydrogen) atoms. The van der Waals surface area contributed by atoms with Crippen LogP contribution in [-0.2, 0) is 10.8 Å². The Morgan fingerprint density at radius 1 is 0.528 bits per heavy atom. The lowest BCUT2D eigenvalue weighted by molar-refractivity contribution is 0.590. The molecule has 3 aliphatic rings. The molecule has 0 atom stereocenters. The van der Waals surface area contributed by atoms with Crippen LogP contribution in [0.5, 0.6) is 0 Å². The summed E-state index contributed by atoms with van der Waals surface area (Å²) < 4.78 is 0. The zero-order valence-electron chi connectivity index (χ0n) is 32.1. The summed E-state index contributed by atoms with van der Waals surface area (Å²) in [7, 11) is 2.42. The number of nitrogens with zero attached hydrogens (tertiary/aromatic N) is 1. The van der Waals surface area contributed by atoms with Crippen LogP contribution in [0, 0.1) is 0 Å². The molecule has 0 bridgehead atoms. The number of anilines is 5. The van der Waals surface area contributed by atoms with Crippen molar-refractivity contribution in [2.75, 3.05) is 10.2 Å². The predicted octanol–water partition coefficient (Wildman–Crippen LogP) is 12.6. The van der Waals surface area contributed by atoms with E-state index in [1.165, 1.54) is 72.5 Å². The molecule has 8 rings (SSSR count). The standard InChI is InChI=1S/C50H50BN2/c1-49(2,3)36-28-30-40(44(32-36)52-43-25-15-13-22-38(43)34-18-9-7-10-19-34)41-24-17-27-46-48(41)51-42-31-29-37(50(4,5)6)33-47(42)53(46)45-26-16-14-23-39(45)35-20-11-8-12-21-35/h7-9,11,13-18,20,22-33,52H,10,12,19,21H2,1-6H3. The highest BCUT2D eigenvalue weighted by atomic mass is 15.2. The van der Waals surface area contributed by atoms with E-state index >= 15 is 0 Å². The topological polar surface area (TPSA) is 15.3 Å². The molecule has 0 aromatic heterocycles. The van der Waals surface area contributed by atoms with Crippen molar-refractivity contribution >= 4 is 57.8 Å². The van der Waals surface area contributed by atoms with E-state index in [2.05, 4.69) is 199 Å². The van der Waals surface area contributed by atoms with E-state index in [1.54, 1.807) is 0 Å². The Balaban J connectivity index is 1.33. The van der Waals surface area contributed by atoms with Gasteiger partial charge < -0.3 is 10.2 Å². The van der Waals surface area contributed by atoms with Crippen molar-refractivity contribution in [1.29, 1.82) is 0 Å². The summed E-state index contributed by atoms with van der Waals surface area (Å²) in [6.07, 6.45) is 17.7. The van der Waals surface area contributed by atoms with Gasteiger partial charge in [0.2, 0.25) is 0 Å². The summed E-state index contributed by atoms with van der Waals surface area (Å²) in [6, 6.07) is 38.7. The minimum atomic E-state index is 0.000609. The lowest BCUT2D eigenvalue weighted by atomic mass is 9.57. The molecule has 1 N–H and O–H groups in total. The van der Waals surface area contributed by atoms with Crippen LogP contribution in [0.2, 0.25) is 0 Å². The number of nitrogens with one attached hydrogen (secondary N) is 1. The highest BCUT2D eigenvalue weighted by molar-refractivity contribution is 6.73. The lowest BCUT2D eigenvalue weighted by Gasteiger charge is -2.37. The van der Waals surface area contributed by atoms with E-state index in [4.69, 9.17) is 0 Å². The maximum Gasteiger partial charge on any atom is 0.197 e. The number of para-hydroxylation sites is 2. The number of rotatable bonds is 6. The number of fused-ring (bicyclic) bond motifs is 2. The molecule has 0 saturated carbocycles. The molecule has 2 nitrogen and oxygen atoms in total. The van der Waals surface area contributed by atoms with Gasteiger partial charge in [-0.3, -0.25) is 0 Å². The highest BCUT2D eigenvalue weighted by Gasteiger charge is 2.31. The Hall–Kier alpha value is -5.28. The first-order chi connectivity index (χ1) is 25.6. The van der Waals surface area contributed by atoms with Gasteiger partial charge in [0.1, 0.15) is 0 Å². The Morgan fingerprint density at radius 2 is 1.13 bits per heavy atom. The molecule has 2 aliphatic carbocycles. The summed E-state index contributed by atoms with van der Waals surface area (Å²) >= 11 is 0. The Bertz CT molecular complexity index is 2320. The van der Waals surface area contributed by atoms with Crippen LogP contribution < -0.4 is 21.1 Å². The third-order valence-corrected chi connectivity index (χ3v) is 11.0. The van der Waals surface area contributed by atoms with Crippen LogP contribution in [-0.4, -0.2) is 7.28 Å². The normalized spacial score (nSPS) is 15.2. The second kappa shape index (κ2) is 13.9. The summed E-state index contributed by atoms with van der Waals surface area (Å²) in [4.78, 5) is 2.53. The zero-order valence-corrected chi connectivity index (χ0v) is 32.1. The average Bonchev–Trinajstić information content (AvgIpc) is 3.17. The minimum absolute atomic E-state index is 0.000609. The van der Waals surface area contributed by atoms with Gasteiger partial charge in [0.15, 0.2) is 7.28 Å². The number of benzene rings is 5. The van der Waals surface area contributed by atoms with E-state index in [9.17, 15) is 0 Å². The fourth-order valence-corrected chi connectivity index (χ4v) is 7.97. The number of hydrogen-bond donors (Lipinski definition) is 1. The van der Waals surface area contributed by atoms with Crippen molar-refractivity contribution in [2.45, 2.75) is 78.1 Å². The van der Waals surface area contributed by atoms with Gasteiger partial charge in [0.05, 0.1) is 5.69 Å². The van der Waals surface area contributed by atoms with Crippen LogP contribution in [0.4, 0.5) is 28.4 Å². The average molecular weight is 690 g/mol. The van der Waals surface area contributed by atoms with Crippen molar-refractivity contribution in [3.05, 3.63) is 162 Å². The van der Waals surface area contributed by atoms with E-state index in [0.717, 1.165) is 37.1 Å². The summed E-state index contributed by atoms with van der Waals surface area (Å²) in [5, 5.41) is 3.99. The maximum atomic E-state index is 3.99. The molecular formula is C50H50BN2. The van der Waals surface area contributed by atoms with Crippen molar-refractivity contribution < 1.29 is 0 Å². The van der Waals surface area contributed by atoms with Gasteiger partial charge in [-0.05, 0) is 94.7 Å². The Morgan fingerprint density at radius 3 is 1.83 bits per heavy atom. The molecule has 0 saturated heterocycles. The van der Waals surface area contributed by atoms with Crippen LogP contribution >= 0.6 is 0 Å². The van der Waals surface area contributed by atoms with Crippen molar-refractivity contribution in [1.82, 2.24) is 0 Å². The van der Waals surface area contributed by atoms with Gasteiger partial charge in [0, 0.05) is 39.4 Å². The molecule has 5 aromatic rings. The molecule has 0 spiro atoms. The molecular weight excluding hydrogens is 639 g/mol. The predicted molar refractivity (Wildman–Crippen MR) is 231 cm³/mol. The third-order valence-electron chi connectivity index (χ3n) is 11.0. The molecule has 0 fully saturated rings. The van der Waals surface area contributed by atoms with Crippen molar-refractivity contribution in [2.24, 2.45) is 0 Å². The largest absolute Gasteiger partial charge is 0.355 e. The van der Waals surface area contributed by atoms with Crippen molar-refractivity contribution in [3.63, 3.8) is 0 Å². The maximum absolute atomic E-state index is 3.99. The molecule has 0 unspecified atom stereocenters. The van der Waals surface area contributed by atoms with Crippen molar-refractivity contribution in [3.8, 4) is 11.1 Å². The molecule has 1 aliphatic heterocycles. The summed E-state index contributed by atoms with van der Waals surface area (Å²) in [5.41, 5.74) is 18.8. The first kappa shape index (κ1) is 34.8. The van der Waals surface area contributed by atoms with Crippen LogP contribution in [0.25, 0.3) is 22.3 Å². The fraction of sp³-hybridized carbons (Fsp3) is 0.240. The quantitative estimate of drug-likeness (QED) is 0.175. The first-order valence-electron chi connectivity index (χ1n) is 19.3. The van der Waals surface area contributed by atoms with Gasteiger partial charge in [-0.1, -0.05) is 162 Å². The number of hydrogen-bond acceptors (Lipinski definition) is 2. The Kier molecular flexibility index (Phi) is 9.15. The second-order valence-corrected chi connectivity index (χ2v) is 16.8. The first-order valence-corrected chi connectivity index (χ1v) is 19.3. The highest BCUT2D eigenvalue weighted by Crippen LogP contribution is 2.44. The van der Waals surface area contributed by atoms with Gasteiger partial charge in [-0.25, -0.2) is 0 Å². The second-order valence-electron chi connectivity index (χ2n) is 16.8. The van der Waals surface area contributed by atoms with E-state index in [0.29, 0.717) is 0 Å². The van der Waals surface area contributed by atoms with Crippen LogP contribution in [0.15, 0.2) is 140 Å².